The molecule has 0 aliphatic heterocycles. The molecule has 15 heavy (non-hydrogen) atoms. The summed E-state index contributed by atoms with van der Waals surface area (Å²) in [5.74, 6) is 2.07. The SMILES string of the molecule is C#CCn1cc(C(F)(F)F)cc(Cl)c1=O. The maximum Gasteiger partial charge on any atom is 0.417 e. The van der Waals surface area contributed by atoms with Crippen LogP contribution in [0.4, 0.5) is 13.2 Å². The van der Waals surface area contributed by atoms with Crippen molar-refractivity contribution in [3.63, 3.8) is 0 Å². The van der Waals surface area contributed by atoms with Crippen LogP contribution in [0.15, 0.2) is 17.1 Å². The Bertz CT molecular complexity index is 470. The van der Waals surface area contributed by atoms with Crippen LogP contribution in [0, 0.1) is 12.3 Å². The lowest BCUT2D eigenvalue weighted by atomic mass is 10.2. The van der Waals surface area contributed by atoms with Crippen LogP contribution in [0.3, 0.4) is 0 Å². The molecule has 0 atom stereocenters. The molecule has 0 N–H and O–H groups in total. The first-order valence-electron chi connectivity index (χ1n) is 3.77. The molecule has 0 radical (unpaired) electrons. The Hall–Kier alpha value is -1.41. The third kappa shape index (κ3) is 2.54. The molecule has 0 aliphatic rings. The average molecular weight is 236 g/mol. The highest BCUT2D eigenvalue weighted by molar-refractivity contribution is 6.30. The Morgan fingerprint density at radius 2 is 2.13 bits per heavy atom. The average Bonchev–Trinajstić information content (AvgIpc) is 2.11. The quantitative estimate of drug-likeness (QED) is 0.684. The summed E-state index contributed by atoms with van der Waals surface area (Å²) < 4.78 is 37.6. The van der Waals surface area contributed by atoms with Crippen LogP contribution in [0.25, 0.3) is 0 Å². The van der Waals surface area contributed by atoms with E-state index < -0.39 is 22.3 Å². The standard InChI is InChI=1S/C9H5ClF3NO/c1-2-3-14-5-6(9(11,12)13)4-7(10)8(14)15/h1,4-5H,3H2. The molecule has 80 valence electrons. The predicted molar refractivity (Wildman–Crippen MR) is 49.5 cm³/mol. The summed E-state index contributed by atoms with van der Waals surface area (Å²) >= 11 is 5.36. The minimum Gasteiger partial charge on any atom is -0.302 e. The second kappa shape index (κ2) is 3.99. The normalized spacial score (nSPS) is 11.1. The van der Waals surface area contributed by atoms with E-state index in [-0.39, 0.29) is 6.54 Å². The fraction of sp³-hybridized carbons (Fsp3) is 0.222. The zero-order valence-electron chi connectivity index (χ0n) is 7.31. The molecular weight excluding hydrogens is 231 g/mol. The van der Waals surface area contributed by atoms with E-state index in [1.54, 1.807) is 0 Å². The third-order valence-electron chi connectivity index (χ3n) is 1.63. The number of alkyl halides is 3. The first-order chi connectivity index (χ1) is 6.86. The lowest BCUT2D eigenvalue weighted by Crippen LogP contribution is -2.22. The summed E-state index contributed by atoms with van der Waals surface area (Å²) in [5, 5.41) is -0.500. The summed E-state index contributed by atoms with van der Waals surface area (Å²) in [6, 6.07) is 0.580. The van der Waals surface area contributed by atoms with Gasteiger partial charge in [0, 0.05) is 6.20 Å². The van der Waals surface area contributed by atoms with Gasteiger partial charge >= 0.3 is 6.18 Å². The van der Waals surface area contributed by atoms with E-state index >= 15 is 0 Å². The lowest BCUT2D eigenvalue weighted by Gasteiger charge is -2.09. The van der Waals surface area contributed by atoms with Crippen molar-refractivity contribution < 1.29 is 13.2 Å². The van der Waals surface area contributed by atoms with Crippen molar-refractivity contribution in [2.75, 3.05) is 0 Å². The smallest absolute Gasteiger partial charge is 0.302 e. The van der Waals surface area contributed by atoms with Crippen LogP contribution >= 0.6 is 11.6 Å². The van der Waals surface area contributed by atoms with Crippen LogP contribution in [0.2, 0.25) is 5.02 Å². The van der Waals surface area contributed by atoms with E-state index in [9.17, 15) is 18.0 Å². The van der Waals surface area contributed by atoms with E-state index in [0.29, 0.717) is 12.3 Å². The molecule has 1 aromatic heterocycles. The molecule has 1 rings (SSSR count). The number of nitrogens with zero attached hydrogens (tertiary/aromatic N) is 1. The minimum atomic E-state index is -4.55. The van der Waals surface area contributed by atoms with Gasteiger partial charge in [-0.15, -0.1) is 6.42 Å². The predicted octanol–water partition coefficient (Wildman–Crippen LogP) is 2.15. The minimum absolute atomic E-state index is 0.248. The first-order valence-corrected chi connectivity index (χ1v) is 4.14. The van der Waals surface area contributed by atoms with Gasteiger partial charge in [0.15, 0.2) is 0 Å². The number of halogens is 4. The Kier molecular flexibility index (Phi) is 3.10. The summed E-state index contributed by atoms with van der Waals surface area (Å²) in [6.07, 6.45) is 1.00. The molecule has 1 heterocycles. The van der Waals surface area contributed by atoms with Gasteiger partial charge in [-0.05, 0) is 6.07 Å². The number of pyridine rings is 1. The summed E-state index contributed by atoms with van der Waals surface area (Å²) in [6.45, 7) is -0.248. The molecule has 0 saturated heterocycles. The van der Waals surface area contributed by atoms with Crippen LogP contribution in [-0.4, -0.2) is 4.57 Å². The fourth-order valence-corrected chi connectivity index (χ4v) is 1.20. The van der Waals surface area contributed by atoms with Crippen molar-refractivity contribution in [3.8, 4) is 12.3 Å². The first kappa shape index (κ1) is 11.7. The van der Waals surface area contributed by atoms with Gasteiger partial charge in [-0.2, -0.15) is 13.2 Å². The molecule has 0 bridgehead atoms. The highest BCUT2D eigenvalue weighted by Crippen LogP contribution is 2.29. The lowest BCUT2D eigenvalue weighted by molar-refractivity contribution is -0.138. The van der Waals surface area contributed by atoms with Crippen LogP contribution in [-0.2, 0) is 12.7 Å². The summed E-state index contributed by atoms with van der Waals surface area (Å²) in [5.41, 5.74) is -1.73. The van der Waals surface area contributed by atoms with Crippen LogP contribution < -0.4 is 5.56 Å². The molecule has 0 saturated carbocycles. The van der Waals surface area contributed by atoms with E-state index in [1.807, 2.05) is 0 Å². The largest absolute Gasteiger partial charge is 0.417 e. The molecule has 0 unspecified atom stereocenters. The second-order valence-corrected chi connectivity index (χ2v) is 3.12. The summed E-state index contributed by atoms with van der Waals surface area (Å²) in [7, 11) is 0. The highest BCUT2D eigenvalue weighted by Gasteiger charge is 2.31. The molecule has 0 aliphatic carbocycles. The number of terminal acetylenes is 1. The van der Waals surface area contributed by atoms with Gasteiger partial charge in [0.1, 0.15) is 5.02 Å². The van der Waals surface area contributed by atoms with Crippen LogP contribution in [0.1, 0.15) is 5.56 Å². The van der Waals surface area contributed by atoms with Crippen molar-refractivity contribution >= 4 is 11.6 Å². The van der Waals surface area contributed by atoms with Gasteiger partial charge < -0.3 is 4.57 Å². The van der Waals surface area contributed by atoms with E-state index in [1.165, 1.54) is 0 Å². The van der Waals surface area contributed by atoms with Gasteiger partial charge in [-0.3, -0.25) is 4.79 Å². The molecule has 0 fully saturated rings. The van der Waals surface area contributed by atoms with E-state index in [4.69, 9.17) is 18.0 Å². The van der Waals surface area contributed by atoms with E-state index in [2.05, 4.69) is 5.92 Å². The monoisotopic (exact) mass is 235 g/mol. The maximum atomic E-state index is 12.3. The third-order valence-corrected chi connectivity index (χ3v) is 1.90. The number of hydrogen-bond acceptors (Lipinski definition) is 1. The van der Waals surface area contributed by atoms with Crippen molar-refractivity contribution in [3.05, 3.63) is 33.2 Å². The molecule has 0 aromatic carbocycles. The number of hydrogen-bond donors (Lipinski definition) is 0. The highest BCUT2D eigenvalue weighted by atomic mass is 35.5. The molecule has 2 nitrogen and oxygen atoms in total. The van der Waals surface area contributed by atoms with Gasteiger partial charge in [0.05, 0.1) is 12.1 Å². The fourth-order valence-electron chi connectivity index (χ4n) is 0.970. The van der Waals surface area contributed by atoms with Gasteiger partial charge in [-0.25, -0.2) is 0 Å². The molecule has 6 heteroatoms. The van der Waals surface area contributed by atoms with Crippen molar-refractivity contribution in [2.45, 2.75) is 12.7 Å². The maximum absolute atomic E-state index is 12.3. The zero-order chi connectivity index (χ0) is 11.6. The Balaban J connectivity index is 3.38. The Morgan fingerprint density at radius 3 is 2.60 bits per heavy atom. The van der Waals surface area contributed by atoms with Crippen LogP contribution in [0.5, 0.6) is 0 Å². The molecule has 0 spiro atoms. The Morgan fingerprint density at radius 1 is 1.53 bits per heavy atom. The van der Waals surface area contributed by atoms with Gasteiger partial charge in [-0.1, -0.05) is 17.5 Å². The number of aromatic nitrogens is 1. The summed E-state index contributed by atoms with van der Waals surface area (Å²) in [4.78, 5) is 11.2. The van der Waals surface area contributed by atoms with Gasteiger partial charge in [0.2, 0.25) is 0 Å². The van der Waals surface area contributed by atoms with Crippen molar-refractivity contribution in [1.29, 1.82) is 0 Å². The topological polar surface area (TPSA) is 22.0 Å². The molecular formula is C9H5ClF3NO. The Labute approximate surface area is 88.3 Å². The zero-order valence-corrected chi connectivity index (χ0v) is 8.06. The molecule has 1 aromatic rings. The van der Waals surface area contributed by atoms with Gasteiger partial charge in [0.25, 0.3) is 5.56 Å². The second-order valence-electron chi connectivity index (χ2n) is 2.71. The molecule has 0 amide bonds. The van der Waals surface area contributed by atoms with E-state index in [0.717, 1.165) is 4.57 Å². The van der Waals surface area contributed by atoms with Crippen molar-refractivity contribution in [1.82, 2.24) is 4.57 Å². The van der Waals surface area contributed by atoms with Crippen molar-refractivity contribution in [2.24, 2.45) is 0 Å². The number of rotatable bonds is 1.